The Morgan fingerprint density at radius 3 is 2.63 bits per heavy atom. The molecule has 0 atom stereocenters. The fourth-order valence-corrected chi connectivity index (χ4v) is 2.45. The first-order chi connectivity index (χ1) is 8.90. The fraction of sp³-hybridized carbons (Fsp3) is 0.286. The number of ether oxygens (including phenoxy) is 1. The Hall–Kier alpha value is -1.88. The fourth-order valence-electron chi connectivity index (χ4n) is 1.61. The van der Waals surface area contributed by atoms with Crippen molar-refractivity contribution in [1.29, 1.82) is 0 Å². The zero-order valence-electron chi connectivity index (χ0n) is 11.0. The smallest absolute Gasteiger partial charge is 0.419 e. The summed E-state index contributed by atoms with van der Waals surface area (Å²) in [7, 11) is 0. The number of hydrogen-bond donors (Lipinski definition) is 0. The van der Waals surface area contributed by atoms with E-state index in [9.17, 15) is 9.59 Å². The van der Waals surface area contributed by atoms with E-state index in [0.717, 1.165) is 16.9 Å². The van der Waals surface area contributed by atoms with Crippen LogP contribution in [-0.2, 0) is 4.74 Å². The number of aromatic nitrogens is 1. The van der Waals surface area contributed by atoms with E-state index in [1.54, 1.807) is 18.3 Å². The monoisotopic (exact) mass is 277 g/mol. The molecule has 2 aromatic rings. The maximum Gasteiger partial charge on any atom is 0.419 e. The number of carbonyl (C=O) groups excluding carboxylic acids is 2. The first kappa shape index (κ1) is 13.5. The average Bonchev–Trinajstić information content (AvgIpc) is 2.95. The van der Waals surface area contributed by atoms with Crippen LogP contribution in [0.4, 0.5) is 4.79 Å². The summed E-state index contributed by atoms with van der Waals surface area (Å²) >= 11 is 1.34. The molecule has 0 N–H and O–H groups in total. The highest BCUT2D eigenvalue weighted by atomic mass is 32.1. The highest BCUT2D eigenvalue weighted by Gasteiger charge is 2.20. The van der Waals surface area contributed by atoms with Gasteiger partial charge in [0.25, 0.3) is 0 Å². The van der Waals surface area contributed by atoms with E-state index < -0.39 is 11.7 Å². The molecule has 0 aliphatic carbocycles. The van der Waals surface area contributed by atoms with Crippen molar-refractivity contribution in [2.75, 3.05) is 0 Å². The van der Waals surface area contributed by atoms with Crippen molar-refractivity contribution in [2.45, 2.75) is 26.4 Å². The maximum atomic E-state index is 12.1. The lowest BCUT2D eigenvalue weighted by atomic mass is 10.2. The molecule has 2 aromatic heterocycles. The molecule has 0 bridgehead atoms. The maximum absolute atomic E-state index is 12.1. The largest absolute Gasteiger partial charge is 0.443 e. The third-order valence-electron chi connectivity index (χ3n) is 2.33. The van der Waals surface area contributed by atoms with Crippen LogP contribution in [0.1, 0.15) is 30.4 Å². The van der Waals surface area contributed by atoms with Gasteiger partial charge in [0.2, 0.25) is 0 Å². The van der Waals surface area contributed by atoms with E-state index in [4.69, 9.17) is 4.74 Å². The van der Waals surface area contributed by atoms with Gasteiger partial charge in [-0.1, -0.05) is 0 Å². The Labute approximate surface area is 115 Å². The summed E-state index contributed by atoms with van der Waals surface area (Å²) in [6.07, 6.45) is 2.03. The third kappa shape index (κ3) is 3.12. The Kier molecular flexibility index (Phi) is 3.57. The van der Waals surface area contributed by atoms with Crippen LogP contribution in [0, 0.1) is 0 Å². The standard InChI is InChI=1S/C14H15NO3S/c1-14(2,3)18-13(17)15-8-4-5-11(15)12-7-6-10(9-16)19-12/h4-9H,1-3H3. The third-order valence-corrected chi connectivity index (χ3v) is 3.37. The number of aldehydes is 1. The minimum Gasteiger partial charge on any atom is -0.443 e. The number of rotatable bonds is 2. The molecule has 4 nitrogen and oxygen atoms in total. The minimum atomic E-state index is -0.540. The Morgan fingerprint density at radius 2 is 2.05 bits per heavy atom. The van der Waals surface area contributed by atoms with E-state index in [1.807, 2.05) is 32.9 Å². The van der Waals surface area contributed by atoms with Crippen molar-refractivity contribution in [3.63, 3.8) is 0 Å². The van der Waals surface area contributed by atoms with Crippen molar-refractivity contribution in [3.8, 4) is 10.6 Å². The van der Waals surface area contributed by atoms with Crippen LogP contribution in [0.25, 0.3) is 10.6 Å². The molecule has 0 spiro atoms. The second kappa shape index (κ2) is 5.01. The normalized spacial score (nSPS) is 11.3. The number of carbonyl (C=O) groups is 2. The van der Waals surface area contributed by atoms with Gasteiger partial charge >= 0.3 is 6.09 Å². The van der Waals surface area contributed by atoms with E-state index in [-0.39, 0.29) is 0 Å². The van der Waals surface area contributed by atoms with Crippen molar-refractivity contribution >= 4 is 23.7 Å². The van der Waals surface area contributed by atoms with Crippen molar-refractivity contribution < 1.29 is 14.3 Å². The lowest BCUT2D eigenvalue weighted by Gasteiger charge is -2.20. The summed E-state index contributed by atoms with van der Waals surface area (Å²) < 4.78 is 6.79. The summed E-state index contributed by atoms with van der Waals surface area (Å²) in [6.45, 7) is 5.47. The predicted octanol–water partition coefficient (Wildman–Crippen LogP) is 3.81. The number of nitrogens with zero attached hydrogens (tertiary/aromatic N) is 1. The molecular formula is C14H15NO3S. The molecule has 0 aliphatic rings. The van der Waals surface area contributed by atoms with Crippen molar-refractivity contribution in [3.05, 3.63) is 35.3 Å². The quantitative estimate of drug-likeness (QED) is 0.784. The van der Waals surface area contributed by atoms with Crippen molar-refractivity contribution in [1.82, 2.24) is 4.57 Å². The van der Waals surface area contributed by atoms with E-state index >= 15 is 0 Å². The van der Waals surface area contributed by atoms with Gasteiger partial charge in [-0.3, -0.25) is 9.36 Å². The summed E-state index contributed by atoms with van der Waals surface area (Å²) in [5.41, 5.74) is 0.189. The van der Waals surface area contributed by atoms with Gasteiger partial charge in [-0.15, -0.1) is 11.3 Å². The molecule has 100 valence electrons. The summed E-state index contributed by atoms with van der Waals surface area (Å²) in [6, 6.07) is 7.16. The van der Waals surface area contributed by atoms with Gasteiger partial charge in [0.15, 0.2) is 6.29 Å². The second-order valence-corrected chi connectivity index (χ2v) is 6.18. The molecule has 0 aromatic carbocycles. The van der Waals surface area contributed by atoms with Gasteiger partial charge in [-0.2, -0.15) is 0 Å². The second-order valence-electron chi connectivity index (χ2n) is 5.06. The summed E-state index contributed by atoms with van der Waals surface area (Å²) in [5.74, 6) is 0. The Bertz CT molecular complexity index is 604. The zero-order chi connectivity index (χ0) is 14.0. The van der Waals surface area contributed by atoms with E-state index in [0.29, 0.717) is 4.88 Å². The molecule has 0 fully saturated rings. The van der Waals surface area contributed by atoms with Gasteiger partial charge in [0.1, 0.15) is 5.60 Å². The zero-order valence-corrected chi connectivity index (χ0v) is 11.9. The summed E-state index contributed by atoms with van der Waals surface area (Å²) in [5, 5.41) is 0. The van der Waals surface area contributed by atoms with Crippen LogP contribution < -0.4 is 0 Å². The van der Waals surface area contributed by atoms with Crippen LogP contribution in [0.15, 0.2) is 30.5 Å². The Balaban J connectivity index is 2.32. The first-order valence-electron chi connectivity index (χ1n) is 5.87. The average molecular weight is 277 g/mol. The lowest BCUT2D eigenvalue weighted by Crippen LogP contribution is -2.27. The van der Waals surface area contributed by atoms with E-state index in [1.165, 1.54) is 15.9 Å². The molecule has 19 heavy (non-hydrogen) atoms. The molecule has 0 unspecified atom stereocenters. The number of thiophene rings is 1. The number of hydrogen-bond acceptors (Lipinski definition) is 4. The molecule has 0 saturated carbocycles. The Morgan fingerprint density at radius 1 is 1.32 bits per heavy atom. The predicted molar refractivity (Wildman–Crippen MR) is 74.8 cm³/mol. The first-order valence-corrected chi connectivity index (χ1v) is 6.68. The van der Waals surface area contributed by atoms with Gasteiger partial charge in [-0.25, -0.2) is 4.79 Å². The molecule has 2 heterocycles. The molecule has 0 radical (unpaired) electrons. The SMILES string of the molecule is CC(C)(C)OC(=O)n1cccc1-c1ccc(C=O)s1. The van der Waals surface area contributed by atoms with Gasteiger partial charge in [-0.05, 0) is 45.0 Å². The molecular weight excluding hydrogens is 262 g/mol. The van der Waals surface area contributed by atoms with Crippen LogP contribution in [0.3, 0.4) is 0 Å². The van der Waals surface area contributed by atoms with Crippen LogP contribution in [0.5, 0.6) is 0 Å². The molecule has 0 amide bonds. The lowest BCUT2D eigenvalue weighted by molar-refractivity contribution is 0.0540. The van der Waals surface area contributed by atoms with Gasteiger partial charge < -0.3 is 4.74 Å². The van der Waals surface area contributed by atoms with Gasteiger partial charge in [0.05, 0.1) is 15.4 Å². The van der Waals surface area contributed by atoms with Gasteiger partial charge in [0, 0.05) is 6.20 Å². The molecule has 0 aliphatic heterocycles. The van der Waals surface area contributed by atoms with Crippen LogP contribution >= 0.6 is 11.3 Å². The minimum absolute atomic E-state index is 0.423. The topological polar surface area (TPSA) is 48.3 Å². The highest BCUT2D eigenvalue weighted by molar-refractivity contribution is 7.17. The summed E-state index contributed by atoms with van der Waals surface area (Å²) in [4.78, 5) is 24.3. The van der Waals surface area contributed by atoms with E-state index in [2.05, 4.69) is 0 Å². The van der Waals surface area contributed by atoms with Crippen molar-refractivity contribution in [2.24, 2.45) is 0 Å². The molecule has 5 heteroatoms. The van der Waals surface area contributed by atoms with Crippen LogP contribution in [-0.4, -0.2) is 22.5 Å². The molecule has 2 rings (SSSR count). The molecule has 0 saturated heterocycles. The highest BCUT2D eigenvalue weighted by Crippen LogP contribution is 2.28. The van der Waals surface area contributed by atoms with Crippen LogP contribution in [0.2, 0.25) is 0 Å².